The fraction of sp³-hybridized carbons (Fsp3) is 0.0870. The number of carbonyl (C=O) groups is 2. The smallest absolute Gasteiger partial charge is 0.335 e. The molecule has 0 saturated carbocycles. The van der Waals surface area contributed by atoms with E-state index in [1.165, 1.54) is 28.8 Å². The fourth-order valence-corrected chi connectivity index (χ4v) is 4.62. The first kappa shape index (κ1) is 21.1. The van der Waals surface area contributed by atoms with Gasteiger partial charge >= 0.3 is 5.97 Å². The van der Waals surface area contributed by atoms with Crippen LogP contribution >= 0.6 is 27.7 Å². The molecular weight excluding hydrogens is 480 g/mol. The number of hydrogen-bond donors (Lipinski definition) is 1. The molecule has 156 valence electrons. The maximum absolute atomic E-state index is 12.7. The molecule has 1 saturated heterocycles. The summed E-state index contributed by atoms with van der Waals surface area (Å²) in [5, 5.41) is 9.51. The predicted octanol–water partition coefficient (Wildman–Crippen LogP) is 5.95. The molecule has 1 aliphatic heterocycles. The zero-order valence-electron chi connectivity index (χ0n) is 16.6. The highest BCUT2D eigenvalue weighted by molar-refractivity contribution is 9.10. The predicted molar refractivity (Wildman–Crippen MR) is 125 cm³/mol. The molecule has 2 aromatic carbocycles. The first-order valence-electron chi connectivity index (χ1n) is 9.28. The Morgan fingerprint density at radius 3 is 2.58 bits per heavy atom. The fourth-order valence-electron chi connectivity index (χ4n) is 2.96. The van der Waals surface area contributed by atoms with Crippen molar-refractivity contribution in [2.24, 2.45) is 4.99 Å². The van der Waals surface area contributed by atoms with Gasteiger partial charge in [-0.1, -0.05) is 22.0 Å². The molecule has 31 heavy (non-hydrogen) atoms. The lowest BCUT2D eigenvalue weighted by atomic mass is 10.1. The van der Waals surface area contributed by atoms with Crippen LogP contribution in [0.3, 0.4) is 0 Å². The zero-order chi connectivity index (χ0) is 22.1. The minimum absolute atomic E-state index is 0.180. The Labute approximate surface area is 191 Å². The van der Waals surface area contributed by atoms with Gasteiger partial charge in [0.1, 0.15) is 11.5 Å². The molecule has 0 aliphatic carbocycles. The van der Waals surface area contributed by atoms with Crippen LogP contribution in [0.4, 0.5) is 5.69 Å². The van der Waals surface area contributed by atoms with Crippen molar-refractivity contribution in [3.8, 4) is 11.3 Å². The number of aryl methyl sites for hydroxylation is 1. The zero-order valence-corrected chi connectivity index (χ0v) is 19.0. The summed E-state index contributed by atoms with van der Waals surface area (Å²) >= 11 is 4.80. The summed E-state index contributed by atoms with van der Waals surface area (Å²) in [6, 6.07) is 15.9. The first-order valence-corrected chi connectivity index (χ1v) is 10.9. The summed E-state index contributed by atoms with van der Waals surface area (Å²) in [5.74, 6) is 0.0940. The molecule has 2 heterocycles. The number of aliphatic imine (C=N–C) groups is 1. The van der Waals surface area contributed by atoms with E-state index in [0.29, 0.717) is 27.3 Å². The molecule has 1 N–H and O–H groups in total. The van der Waals surface area contributed by atoms with E-state index in [1.54, 1.807) is 25.3 Å². The maximum Gasteiger partial charge on any atom is 0.335 e. The molecule has 1 amide bonds. The van der Waals surface area contributed by atoms with Gasteiger partial charge in [0.05, 0.1) is 16.2 Å². The highest BCUT2D eigenvalue weighted by Crippen LogP contribution is 2.35. The summed E-state index contributed by atoms with van der Waals surface area (Å²) in [4.78, 5) is 30.1. The largest absolute Gasteiger partial charge is 0.478 e. The molecule has 6 nitrogen and oxygen atoms in total. The highest BCUT2D eigenvalue weighted by Gasteiger charge is 2.30. The average molecular weight is 497 g/mol. The molecule has 0 spiro atoms. The summed E-state index contributed by atoms with van der Waals surface area (Å²) in [6.07, 6.45) is 1.70. The minimum atomic E-state index is -0.998. The number of halogens is 1. The first-order chi connectivity index (χ1) is 14.8. The lowest BCUT2D eigenvalue weighted by molar-refractivity contribution is -0.121. The topological polar surface area (TPSA) is 83.1 Å². The Hall–Kier alpha value is -3.10. The number of rotatable bonds is 4. The van der Waals surface area contributed by atoms with Gasteiger partial charge in [0.15, 0.2) is 5.17 Å². The maximum atomic E-state index is 12.7. The second-order valence-electron chi connectivity index (χ2n) is 6.91. The van der Waals surface area contributed by atoms with Gasteiger partial charge in [-0.05, 0) is 72.8 Å². The normalized spacial score (nSPS) is 16.5. The molecule has 3 aromatic rings. The van der Waals surface area contributed by atoms with Gasteiger partial charge in [0, 0.05) is 23.2 Å². The molecule has 8 heteroatoms. The molecule has 1 fully saturated rings. The summed E-state index contributed by atoms with van der Waals surface area (Å²) < 4.78 is 6.88. The van der Waals surface area contributed by atoms with Gasteiger partial charge in [0.25, 0.3) is 5.91 Å². The third-order valence-corrected chi connectivity index (χ3v) is 6.35. The van der Waals surface area contributed by atoms with Crippen molar-refractivity contribution in [3.05, 3.63) is 80.9 Å². The number of carboxylic acids is 1. The second kappa shape index (κ2) is 8.56. The number of furan rings is 1. The van der Waals surface area contributed by atoms with Crippen molar-refractivity contribution in [1.29, 1.82) is 0 Å². The summed E-state index contributed by atoms with van der Waals surface area (Å²) in [6.45, 7) is 2.02. The van der Waals surface area contributed by atoms with E-state index in [0.717, 1.165) is 15.6 Å². The van der Waals surface area contributed by atoms with Gasteiger partial charge in [-0.2, -0.15) is 0 Å². The van der Waals surface area contributed by atoms with E-state index < -0.39 is 5.97 Å². The molecule has 1 aromatic heterocycles. The second-order valence-corrected chi connectivity index (χ2v) is 8.77. The average Bonchev–Trinajstić information content (AvgIpc) is 3.29. The molecule has 0 bridgehead atoms. The third-order valence-electron chi connectivity index (χ3n) is 4.63. The van der Waals surface area contributed by atoms with E-state index >= 15 is 0 Å². The van der Waals surface area contributed by atoms with Crippen LogP contribution in [0.1, 0.15) is 21.7 Å². The SMILES string of the molecule is Cc1ccc(-c2ccc(/C=C3\SC(=Nc4ccc(C(=O)O)cc4)N(C)C3=O)o2)c(Br)c1. The van der Waals surface area contributed by atoms with Crippen LogP contribution in [0.25, 0.3) is 17.4 Å². The number of carbonyl (C=O) groups excluding carboxylic acids is 1. The van der Waals surface area contributed by atoms with Gasteiger partial charge in [-0.3, -0.25) is 9.69 Å². The minimum Gasteiger partial charge on any atom is -0.478 e. The summed E-state index contributed by atoms with van der Waals surface area (Å²) in [7, 11) is 1.65. The third kappa shape index (κ3) is 4.50. The Bertz CT molecular complexity index is 1240. The number of aromatic carboxylic acids is 1. The Balaban J connectivity index is 1.57. The van der Waals surface area contributed by atoms with Crippen LogP contribution in [-0.4, -0.2) is 34.1 Å². The molecular formula is C23H17BrN2O4S. The number of benzene rings is 2. The van der Waals surface area contributed by atoms with Crippen LogP contribution < -0.4 is 0 Å². The number of hydrogen-bond acceptors (Lipinski definition) is 5. The quantitative estimate of drug-likeness (QED) is 0.451. The van der Waals surface area contributed by atoms with Crippen molar-refractivity contribution in [2.45, 2.75) is 6.92 Å². The van der Waals surface area contributed by atoms with Crippen molar-refractivity contribution >= 4 is 56.5 Å². The van der Waals surface area contributed by atoms with Gasteiger partial charge in [-0.25, -0.2) is 9.79 Å². The number of likely N-dealkylation sites (N-methyl/N-ethyl adjacent to an activating group) is 1. The van der Waals surface area contributed by atoms with Crippen LogP contribution in [0.5, 0.6) is 0 Å². The Morgan fingerprint density at radius 1 is 1.16 bits per heavy atom. The lowest BCUT2D eigenvalue weighted by Crippen LogP contribution is -2.23. The highest BCUT2D eigenvalue weighted by atomic mass is 79.9. The molecule has 0 unspecified atom stereocenters. The van der Waals surface area contributed by atoms with Gasteiger partial charge < -0.3 is 9.52 Å². The summed E-state index contributed by atoms with van der Waals surface area (Å²) in [5.41, 5.74) is 2.83. The molecule has 1 aliphatic rings. The van der Waals surface area contributed by atoms with Crippen molar-refractivity contribution in [2.75, 3.05) is 7.05 Å². The number of nitrogens with zero attached hydrogens (tertiary/aromatic N) is 2. The van der Waals surface area contributed by atoms with E-state index in [2.05, 4.69) is 20.9 Å². The van der Waals surface area contributed by atoms with Gasteiger partial charge in [0.2, 0.25) is 0 Å². The molecule has 4 rings (SSSR count). The van der Waals surface area contributed by atoms with Crippen molar-refractivity contribution < 1.29 is 19.1 Å². The number of carboxylic acid groups (broad SMARTS) is 1. The Morgan fingerprint density at radius 2 is 1.90 bits per heavy atom. The van der Waals surface area contributed by atoms with Gasteiger partial charge in [-0.15, -0.1) is 0 Å². The number of amides is 1. The van der Waals surface area contributed by atoms with E-state index in [-0.39, 0.29) is 11.5 Å². The van der Waals surface area contributed by atoms with Crippen LogP contribution in [0.15, 0.2) is 73.4 Å². The standard InChI is InChI=1S/C23H17BrN2O4S/c1-13-3-9-17(18(24)11-13)19-10-8-16(30-19)12-20-21(27)26(2)23(31-20)25-15-6-4-14(5-7-15)22(28)29/h3-12H,1-2H3,(H,28,29)/b20-12-,25-23?. The van der Waals surface area contributed by atoms with Crippen LogP contribution in [0.2, 0.25) is 0 Å². The van der Waals surface area contributed by atoms with Crippen LogP contribution in [-0.2, 0) is 4.79 Å². The molecule has 0 atom stereocenters. The van der Waals surface area contributed by atoms with E-state index in [1.807, 2.05) is 37.3 Å². The van der Waals surface area contributed by atoms with E-state index in [9.17, 15) is 9.59 Å². The lowest BCUT2D eigenvalue weighted by Gasteiger charge is -2.07. The van der Waals surface area contributed by atoms with Crippen molar-refractivity contribution in [3.63, 3.8) is 0 Å². The van der Waals surface area contributed by atoms with Crippen molar-refractivity contribution in [1.82, 2.24) is 4.90 Å². The van der Waals surface area contributed by atoms with E-state index in [4.69, 9.17) is 9.52 Å². The number of amidine groups is 1. The van der Waals surface area contributed by atoms with Crippen LogP contribution in [0, 0.1) is 6.92 Å². The molecule has 0 radical (unpaired) electrons. The monoisotopic (exact) mass is 496 g/mol. The number of thioether (sulfide) groups is 1. The Kier molecular flexibility index (Phi) is 5.84.